The number of H-pyrrole nitrogens is 1. The molecule has 2 aliphatic rings. The van der Waals surface area contributed by atoms with Crippen molar-refractivity contribution in [1.29, 1.82) is 0 Å². The molecule has 25 heavy (non-hydrogen) atoms. The Morgan fingerprint density at radius 3 is 2.60 bits per heavy atom. The predicted octanol–water partition coefficient (Wildman–Crippen LogP) is 3.84. The summed E-state index contributed by atoms with van der Waals surface area (Å²) in [6.45, 7) is 2.07. The van der Waals surface area contributed by atoms with Crippen LogP contribution in [-0.2, 0) is 19.4 Å². The van der Waals surface area contributed by atoms with E-state index >= 15 is 0 Å². The summed E-state index contributed by atoms with van der Waals surface area (Å²) >= 11 is 0. The van der Waals surface area contributed by atoms with Gasteiger partial charge in [-0.2, -0.15) is 0 Å². The molecule has 1 N–H and O–H groups in total. The van der Waals surface area contributed by atoms with Crippen molar-refractivity contribution in [1.82, 2.24) is 9.88 Å². The van der Waals surface area contributed by atoms with Crippen LogP contribution in [0.3, 0.4) is 0 Å². The fourth-order valence-electron chi connectivity index (χ4n) is 4.52. The van der Waals surface area contributed by atoms with Gasteiger partial charge in [-0.1, -0.05) is 18.2 Å². The molecule has 0 saturated heterocycles. The van der Waals surface area contributed by atoms with E-state index in [0.29, 0.717) is 6.04 Å². The van der Waals surface area contributed by atoms with E-state index in [2.05, 4.69) is 46.3 Å². The second-order valence-corrected chi connectivity index (χ2v) is 6.98. The number of aromatic amines is 1. The summed E-state index contributed by atoms with van der Waals surface area (Å²) in [5.41, 5.74) is 6.87. The molecule has 2 aromatic carbocycles. The molecule has 0 fully saturated rings. The SMILES string of the molecule is COc1cc2c(cc1OC)CN1CCc3c([nH]c4ccccc34)[C@@H]1C2. The van der Waals surface area contributed by atoms with Crippen LogP contribution in [0, 0.1) is 0 Å². The van der Waals surface area contributed by atoms with Crippen LogP contribution in [0.1, 0.15) is 28.4 Å². The fraction of sp³-hybridized carbons (Fsp3) is 0.333. The Kier molecular flexibility index (Phi) is 3.28. The first-order chi connectivity index (χ1) is 12.3. The maximum Gasteiger partial charge on any atom is 0.161 e. The Morgan fingerprint density at radius 2 is 1.80 bits per heavy atom. The lowest BCUT2D eigenvalue weighted by molar-refractivity contribution is 0.158. The quantitative estimate of drug-likeness (QED) is 0.774. The second kappa shape index (κ2) is 5.53. The van der Waals surface area contributed by atoms with Gasteiger partial charge in [0.1, 0.15) is 0 Å². The first-order valence-electron chi connectivity index (χ1n) is 8.86. The number of para-hydroxylation sites is 1. The number of aromatic nitrogens is 1. The van der Waals surface area contributed by atoms with E-state index in [1.807, 2.05) is 0 Å². The highest BCUT2D eigenvalue weighted by atomic mass is 16.5. The largest absolute Gasteiger partial charge is 0.493 e. The minimum atomic E-state index is 0.418. The second-order valence-electron chi connectivity index (χ2n) is 6.98. The smallest absolute Gasteiger partial charge is 0.161 e. The third kappa shape index (κ3) is 2.17. The Balaban J connectivity index is 1.60. The summed E-state index contributed by atoms with van der Waals surface area (Å²) in [6.07, 6.45) is 2.12. The first kappa shape index (κ1) is 14.8. The van der Waals surface area contributed by atoms with Gasteiger partial charge in [0.15, 0.2) is 11.5 Å². The molecule has 4 nitrogen and oxygen atoms in total. The van der Waals surface area contributed by atoms with E-state index in [-0.39, 0.29) is 0 Å². The van der Waals surface area contributed by atoms with Gasteiger partial charge in [-0.3, -0.25) is 4.90 Å². The van der Waals surface area contributed by atoms with Crippen LogP contribution in [-0.4, -0.2) is 30.6 Å². The molecule has 1 aromatic heterocycles. The molecular formula is C21H22N2O2. The summed E-state index contributed by atoms with van der Waals surface area (Å²) in [4.78, 5) is 6.29. The van der Waals surface area contributed by atoms with Crippen LogP contribution >= 0.6 is 0 Å². The molecule has 0 amide bonds. The fourth-order valence-corrected chi connectivity index (χ4v) is 4.52. The zero-order valence-electron chi connectivity index (χ0n) is 14.6. The predicted molar refractivity (Wildman–Crippen MR) is 98.4 cm³/mol. The van der Waals surface area contributed by atoms with Gasteiger partial charge in [-0.05, 0) is 47.7 Å². The molecule has 1 atom stereocenters. The number of hydrogen-bond donors (Lipinski definition) is 1. The molecule has 3 aromatic rings. The van der Waals surface area contributed by atoms with Crippen LogP contribution in [0.5, 0.6) is 11.5 Å². The molecule has 3 heterocycles. The van der Waals surface area contributed by atoms with Crippen LogP contribution in [0.15, 0.2) is 36.4 Å². The zero-order valence-corrected chi connectivity index (χ0v) is 14.6. The standard InChI is InChI=1S/C21H22N2O2/c1-24-19-10-13-9-18-21-16(15-5-3-4-6-17(15)22-21)7-8-23(18)12-14(13)11-20(19)25-2/h3-6,10-11,18,22H,7-9,12H2,1-2H3/t18-/m0/s1. The highest BCUT2D eigenvalue weighted by Crippen LogP contribution is 2.42. The summed E-state index contributed by atoms with van der Waals surface area (Å²) in [5, 5.41) is 1.38. The Hall–Kier alpha value is -2.46. The van der Waals surface area contributed by atoms with Gasteiger partial charge >= 0.3 is 0 Å². The maximum absolute atomic E-state index is 5.51. The van der Waals surface area contributed by atoms with Crippen LogP contribution in [0.25, 0.3) is 10.9 Å². The maximum atomic E-state index is 5.51. The molecule has 0 spiro atoms. The van der Waals surface area contributed by atoms with E-state index in [1.54, 1.807) is 14.2 Å². The molecule has 0 unspecified atom stereocenters. The van der Waals surface area contributed by atoms with E-state index in [0.717, 1.165) is 37.4 Å². The molecule has 0 radical (unpaired) electrons. The lowest BCUT2D eigenvalue weighted by atomic mass is 9.87. The number of nitrogens with zero attached hydrogens (tertiary/aromatic N) is 1. The average Bonchev–Trinajstić information content (AvgIpc) is 3.04. The third-order valence-electron chi connectivity index (χ3n) is 5.76. The lowest BCUT2D eigenvalue weighted by Gasteiger charge is -2.40. The Morgan fingerprint density at radius 1 is 1.04 bits per heavy atom. The molecule has 4 heteroatoms. The summed E-state index contributed by atoms with van der Waals surface area (Å²) < 4.78 is 11.0. The van der Waals surface area contributed by atoms with Gasteiger partial charge in [-0.25, -0.2) is 0 Å². The monoisotopic (exact) mass is 334 g/mol. The highest BCUT2D eigenvalue weighted by molar-refractivity contribution is 5.85. The molecular weight excluding hydrogens is 312 g/mol. The molecule has 0 bridgehead atoms. The number of nitrogens with one attached hydrogen (secondary N) is 1. The van der Waals surface area contributed by atoms with Gasteiger partial charge in [0.05, 0.1) is 20.3 Å². The van der Waals surface area contributed by atoms with E-state index in [4.69, 9.17) is 9.47 Å². The first-order valence-corrected chi connectivity index (χ1v) is 8.86. The minimum absolute atomic E-state index is 0.418. The Bertz CT molecular complexity index is 960. The van der Waals surface area contributed by atoms with E-state index < -0.39 is 0 Å². The van der Waals surface area contributed by atoms with E-state index in [1.165, 1.54) is 33.3 Å². The molecule has 0 aliphatic carbocycles. The highest BCUT2D eigenvalue weighted by Gasteiger charge is 2.34. The zero-order chi connectivity index (χ0) is 17.0. The Labute approximate surface area is 147 Å². The van der Waals surface area contributed by atoms with E-state index in [9.17, 15) is 0 Å². The lowest BCUT2D eigenvalue weighted by Crippen LogP contribution is -2.39. The molecule has 128 valence electrons. The third-order valence-corrected chi connectivity index (χ3v) is 5.76. The topological polar surface area (TPSA) is 37.5 Å². The van der Waals surface area contributed by atoms with Crippen molar-refractivity contribution < 1.29 is 9.47 Å². The number of ether oxygens (including phenoxy) is 2. The van der Waals surface area contributed by atoms with Crippen molar-refractivity contribution in [2.24, 2.45) is 0 Å². The minimum Gasteiger partial charge on any atom is -0.493 e. The normalized spacial score (nSPS) is 19.2. The van der Waals surface area contributed by atoms with Gasteiger partial charge in [0.2, 0.25) is 0 Å². The number of rotatable bonds is 2. The van der Waals surface area contributed by atoms with Gasteiger partial charge < -0.3 is 14.5 Å². The number of fused-ring (bicyclic) bond motifs is 6. The van der Waals surface area contributed by atoms with Gasteiger partial charge in [-0.15, -0.1) is 0 Å². The van der Waals surface area contributed by atoms with Crippen LogP contribution < -0.4 is 9.47 Å². The van der Waals surface area contributed by atoms with Crippen molar-refractivity contribution in [3.8, 4) is 11.5 Å². The summed E-state index contributed by atoms with van der Waals surface area (Å²) in [7, 11) is 3.41. The van der Waals surface area contributed by atoms with Crippen molar-refractivity contribution in [2.75, 3.05) is 20.8 Å². The number of hydrogen-bond acceptors (Lipinski definition) is 3. The van der Waals surface area contributed by atoms with Crippen LogP contribution in [0.2, 0.25) is 0 Å². The van der Waals surface area contributed by atoms with Gasteiger partial charge in [0.25, 0.3) is 0 Å². The molecule has 0 saturated carbocycles. The summed E-state index contributed by atoms with van der Waals surface area (Å²) in [6, 6.07) is 13.4. The van der Waals surface area contributed by atoms with Crippen molar-refractivity contribution in [3.63, 3.8) is 0 Å². The van der Waals surface area contributed by atoms with Crippen LogP contribution in [0.4, 0.5) is 0 Å². The van der Waals surface area contributed by atoms with Crippen molar-refractivity contribution >= 4 is 10.9 Å². The van der Waals surface area contributed by atoms with Gasteiger partial charge in [0, 0.05) is 29.7 Å². The van der Waals surface area contributed by atoms with Crippen molar-refractivity contribution in [3.05, 3.63) is 58.8 Å². The molecule has 2 aliphatic heterocycles. The number of benzene rings is 2. The van der Waals surface area contributed by atoms with Crippen molar-refractivity contribution in [2.45, 2.75) is 25.4 Å². The number of methoxy groups -OCH3 is 2. The molecule has 5 rings (SSSR count). The average molecular weight is 334 g/mol. The summed E-state index contributed by atoms with van der Waals surface area (Å²) in [5.74, 6) is 1.64.